The molecule has 0 aromatic heterocycles. The number of halogens is 2. The molecular weight excluding hydrogens is 484 g/mol. The van der Waals surface area contributed by atoms with Crippen LogP contribution in [-0.2, 0) is 11.2 Å². The number of carboxylic acid groups (broad SMARTS) is 1. The van der Waals surface area contributed by atoms with Crippen LogP contribution >= 0.6 is 45.2 Å². The van der Waals surface area contributed by atoms with Crippen molar-refractivity contribution in [3.63, 3.8) is 0 Å². The van der Waals surface area contributed by atoms with E-state index in [1.807, 2.05) is 33.3 Å². The molecule has 0 radical (unpaired) electrons. The molecule has 0 saturated carbocycles. The summed E-state index contributed by atoms with van der Waals surface area (Å²) in [6.45, 7) is 0. The van der Waals surface area contributed by atoms with Gasteiger partial charge < -0.3 is 19.5 Å². The molecule has 1 rings (SSSR count). The number of hydrogen-bond donors (Lipinski definition) is 1. The SMILES string of the molecule is C[N+](C)(C)[C@H](CCCc1cc(I)c(O)c(I)c1)C(=O)[O-]. The predicted molar refractivity (Wildman–Crippen MR) is 93.3 cm³/mol. The van der Waals surface area contributed by atoms with Gasteiger partial charge in [-0.25, -0.2) is 0 Å². The first kappa shape index (κ1) is 18.0. The van der Waals surface area contributed by atoms with Crippen molar-refractivity contribution in [2.24, 2.45) is 0 Å². The first-order valence-electron chi connectivity index (χ1n) is 6.31. The molecule has 0 aliphatic carbocycles. The fraction of sp³-hybridized carbons (Fsp3) is 0.500. The van der Waals surface area contributed by atoms with Crippen molar-refractivity contribution in [2.45, 2.75) is 25.3 Å². The zero-order valence-corrected chi connectivity index (χ0v) is 16.1. The minimum Gasteiger partial charge on any atom is -0.544 e. The summed E-state index contributed by atoms with van der Waals surface area (Å²) in [5, 5.41) is 20.9. The van der Waals surface area contributed by atoms with E-state index in [0.717, 1.165) is 25.5 Å². The van der Waals surface area contributed by atoms with Gasteiger partial charge in [-0.3, -0.25) is 0 Å². The molecular formula is C14H19I2NO3. The summed E-state index contributed by atoms with van der Waals surface area (Å²) in [7, 11) is 5.60. The minimum atomic E-state index is -0.993. The van der Waals surface area contributed by atoms with E-state index >= 15 is 0 Å². The average Bonchev–Trinajstić information content (AvgIpc) is 2.29. The third-order valence-corrected chi connectivity index (χ3v) is 4.87. The van der Waals surface area contributed by atoms with Gasteiger partial charge in [-0.2, -0.15) is 0 Å². The maximum absolute atomic E-state index is 11.2. The summed E-state index contributed by atoms with van der Waals surface area (Å²) < 4.78 is 2.02. The fourth-order valence-corrected chi connectivity index (χ4v) is 3.98. The van der Waals surface area contributed by atoms with E-state index in [1.54, 1.807) is 0 Å². The number of likely N-dealkylation sites (N-methyl/N-ethyl adjacent to an activating group) is 1. The van der Waals surface area contributed by atoms with Crippen molar-refractivity contribution in [3.8, 4) is 5.75 Å². The summed E-state index contributed by atoms with van der Waals surface area (Å²) in [4.78, 5) is 11.2. The van der Waals surface area contributed by atoms with E-state index in [-0.39, 0.29) is 0 Å². The summed E-state index contributed by atoms with van der Waals surface area (Å²) in [6, 6.07) is 3.39. The van der Waals surface area contributed by atoms with E-state index in [0.29, 0.717) is 16.7 Å². The van der Waals surface area contributed by atoms with E-state index in [4.69, 9.17) is 0 Å². The Morgan fingerprint density at radius 1 is 1.30 bits per heavy atom. The van der Waals surface area contributed by atoms with Gasteiger partial charge in [-0.05, 0) is 75.7 Å². The number of nitrogens with zero attached hydrogens (tertiary/aromatic N) is 1. The Kier molecular flexibility index (Phi) is 6.52. The van der Waals surface area contributed by atoms with E-state index in [2.05, 4.69) is 45.2 Å². The average molecular weight is 503 g/mol. The van der Waals surface area contributed by atoms with Crippen LogP contribution in [0, 0.1) is 7.14 Å². The summed E-state index contributed by atoms with van der Waals surface area (Å²) >= 11 is 4.20. The number of benzene rings is 1. The first-order chi connectivity index (χ1) is 9.12. The normalized spacial score (nSPS) is 13.2. The van der Waals surface area contributed by atoms with Crippen molar-refractivity contribution in [1.29, 1.82) is 0 Å². The van der Waals surface area contributed by atoms with Crippen molar-refractivity contribution in [1.82, 2.24) is 0 Å². The standard InChI is InChI=1S/C14H19I2NO3/c1-17(2,3)12(14(19)20)6-4-5-9-7-10(15)13(18)11(16)8-9/h7-8,12H,4-6H2,1-3H3,(H-,18,19,20)/t12-/m1/s1. The quantitative estimate of drug-likeness (QED) is 0.476. The van der Waals surface area contributed by atoms with E-state index in [1.165, 1.54) is 0 Å². The highest BCUT2D eigenvalue weighted by Gasteiger charge is 2.24. The first-order valence-corrected chi connectivity index (χ1v) is 8.47. The molecule has 0 unspecified atom stereocenters. The monoisotopic (exact) mass is 503 g/mol. The van der Waals surface area contributed by atoms with Crippen LogP contribution in [-0.4, -0.2) is 42.7 Å². The number of quaternary nitrogens is 1. The smallest absolute Gasteiger partial charge is 0.142 e. The highest BCUT2D eigenvalue weighted by atomic mass is 127. The maximum atomic E-state index is 11.2. The number of aliphatic carboxylic acids is 1. The summed E-state index contributed by atoms with van der Waals surface area (Å²) in [5.74, 6) is -0.679. The molecule has 112 valence electrons. The van der Waals surface area contributed by atoms with Gasteiger partial charge in [-0.1, -0.05) is 0 Å². The number of aryl methyl sites for hydroxylation is 1. The molecule has 0 bridgehead atoms. The van der Waals surface area contributed by atoms with Gasteiger partial charge in [0.2, 0.25) is 0 Å². The van der Waals surface area contributed by atoms with Crippen LogP contribution in [0.5, 0.6) is 5.75 Å². The lowest BCUT2D eigenvalue weighted by Crippen LogP contribution is -2.54. The highest BCUT2D eigenvalue weighted by molar-refractivity contribution is 14.1. The lowest BCUT2D eigenvalue weighted by atomic mass is 10.0. The molecule has 0 saturated heterocycles. The number of hydrogen-bond acceptors (Lipinski definition) is 3. The topological polar surface area (TPSA) is 60.4 Å². The molecule has 0 spiro atoms. The molecule has 4 nitrogen and oxygen atoms in total. The van der Waals surface area contributed by atoms with Crippen LogP contribution in [0.25, 0.3) is 0 Å². The van der Waals surface area contributed by atoms with E-state index in [9.17, 15) is 15.0 Å². The summed E-state index contributed by atoms with van der Waals surface area (Å²) in [6.07, 6.45) is 2.17. The van der Waals surface area contributed by atoms with Gasteiger partial charge in [-0.15, -0.1) is 0 Å². The van der Waals surface area contributed by atoms with Crippen molar-refractivity contribution < 1.29 is 19.5 Å². The third kappa shape index (κ3) is 5.03. The van der Waals surface area contributed by atoms with Gasteiger partial charge in [0, 0.05) is 6.42 Å². The minimum absolute atomic E-state index is 0.314. The lowest BCUT2D eigenvalue weighted by Gasteiger charge is -2.34. The molecule has 1 atom stereocenters. The maximum Gasteiger partial charge on any atom is 0.142 e. The second-order valence-corrected chi connectivity index (χ2v) is 8.08. The molecule has 1 aromatic carbocycles. The number of carbonyl (C=O) groups excluding carboxylic acids is 1. The van der Waals surface area contributed by atoms with Gasteiger partial charge in [0.25, 0.3) is 0 Å². The highest BCUT2D eigenvalue weighted by Crippen LogP contribution is 2.28. The van der Waals surface area contributed by atoms with Crippen molar-refractivity contribution >= 4 is 51.2 Å². The van der Waals surface area contributed by atoms with Gasteiger partial charge in [0.15, 0.2) is 0 Å². The second-order valence-electron chi connectivity index (χ2n) is 5.75. The molecule has 20 heavy (non-hydrogen) atoms. The zero-order chi connectivity index (χ0) is 15.5. The largest absolute Gasteiger partial charge is 0.544 e. The van der Waals surface area contributed by atoms with Crippen LogP contribution in [0.15, 0.2) is 12.1 Å². The number of carboxylic acids is 1. The Morgan fingerprint density at radius 2 is 1.80 bits per heavy atom. The molecule has 1 N–H and O–H groups in total. The van der Waals surface area contributed by atoms with E-state index < -0.39 is 12.0 Å². The Hall–Kier alpha value is -0.0900. The number of aromatic hydroxyl groups is 1. The number of rotatable bonds is 6. The summed E-state index contributed by atoms with van der Waals surface area (Å²) in [5.41, 5.74) is 1.12. The molecule has 6 heteroatoms. The van der Waals surface area contributed by atoms with Gasteiger partial charge >= 0.3 is 0 Å². The molecule has 0 fully saturated rings. The van der Waals surface area contributed by atoms with Crippen molar-refractivity contribution in [3.05, 3.63) is 24.8 Å². The molecule has 0 aliphatic heterocycles. The second kappa shape index (κ2) is 7.26. The lowest BCUT2D eigenvalue weighted by molar-refractivity contribution is -0.889. The molecule has 1 aromatic rings. The molecule has 0 amide bonds. The number of phenols is 1. The third-order valence-electron chi connectivity index (χ3n) is 3.23. The van der Waals surface area contributed by atoms with Crippen LogP contribution in [0.1, 0.15) is 18.4 Å². The number of carbonyl (C=O) groups is 1. The predicted octanol–water partition coefficient (Wildman–Crippen LogP) is 1.75. The Bertz CT molecular complexity index is 475. The van der Waals surface area contributed by atoms with Crippen LogP contribution < -0.4 is 5.11 Å². The molecule has 0 heterocycles. The zero-order valence-electron chi connectivity index (χ0n) is 11.8. The van der Waals surface area contributed by atoms with Crippen LogP contribution in [0.4, 0.5) is 0 Å². The van der Waals surface area contributed by atoms with Crippen LogP contribution in [0.2, 0.25) is 0 Å². The Morgan fingerprint density at radius 3 is 2.20 bits per heavy atom. The molecule has 0 aliphatic rings. The Balaban J connectivity index is 2.66. The van der Waals surface area contributed by atoms with Gasteiger partial charge in [0.05, 0.1) is 34.3 Å². The number of phenolic OH excluding ortho intramolecular Hbond substituents is 1. The van der Waals surface area contributed by atoms with Crippen LogP contribution in [0.3, 0.4) is 0 Å². The van der Waals surface area contributed by atoms with Crippen molar-refractivity contribution in [2.75, 3.05) is 21.1 Å². The van der Waals surface area contributed by atoms with Gasteiger partial charge in [0.1, 0.15) is 11.8 Å². The Labute approximate surface area is 147 Å². The fourth-order valence-electron chi connectivity index (χ4n) is 2.08.